The van der Waals surface area contributed by atoms with Gasteiger partial charge >= 0.3 is 6.09 Å². The lowest BCUT2D eigenvalue weighted by molar-refractivity contribution is -0.384. The maximum absolute atomic E-state index is 14.5. The van der Waals surface area contributed by atoms with E-state index >= 15 is 0 Å². The lowest BCUT2D eigenvalue weighted by Crippen LogP contribution is -2.41. The number of nitrogens with zero attached hydrogens (tertiary/aromatic N) is 5. The van der Waals surface area contributed by atoms with Crippen molar-refractivity contribution in [2.24, 2.45) is 0 Å². The molecule has 1 fully saturated rings. The summed E-state index contributed by atoms with van der Waals surface area (Å²) in [6, 6.07) is 3.91. The standard InChI is InChI=1S/C23H26FN5O4/c1-23(2,3)33-22(30)27-7-4-15(5-8-27)17-12-25-20(26-13-17)14-28-9-6-16-10-18(29(31)32)11-19(24)21(16)28/h6,9-13,15H,4-5,7-8,14H2,1-3H3. The molecule has 0 spiro atoms. The topological polar surface area (TPSA) is 103 Å². The molecule has 33 heavy (non-hydrogen) atoms. The first-order chi connectivity index (χ1) is 15.6. The van der Waals surface area contributed by atoms with Crippen molar-refractivity contribution in [1.29, 1.82) is 0 Å². The third-order valence-electron chi connectivity index (χ3n) is 5.66. The van der Waals surface area contributed by atoms with Gasteiger partial charge < -0.3 is 14.2 Å². The molecular formula is C23H26FN5O4. The smallest absolute Gasteiger partial charge is 0.410 e. The van der Waals surface area contributed by atoms with Gasteiger partial charge in [-0.3, -0.25) is 10.1 Å². The molecule has 1 aliphatic heterocycles. The number of hydrogen-bond donors (Lipinski definition) is 0. The number of nitro benzene ring substituents is 1. The Balaban J connectivity index is 1.41. The highest BCUT2D eigenvalue weighted by atomic mass is 19.1. The van der Waals surface area contributed by atoms with Crippen LogP contribution in [0.4, 0.5) is 14.9 Å². The number of halogens is 1. The summed E-state index contributed by atoms with van der Waals surface area (Å²) in [4.78, 5) is 33.2. The van der Waals surface area contributed by atoms with Crippen molar-refractivity contribution >= 4 is 22.7 Å². The van der Waals surface area contributed by atoms with Crippen molar-refractivity contribution < 1.29 is 18.8 Å². The Morgan fingerprint density at radius 3 is 2.52 bits per heavy atom. The molecule has 0 unspecified atom stereocenters. The zero-order valence-corrected chi connectivity index (χ0v) is 18.8. The van der Waals surface area contributed by atoms with E-state index in [4.69, 9.17) is 4.74 Å². The van der Waals surface area contributed by atoms with E-state index in [-0.39, 0.29) is 29.8 Å². The van der Waals surface area contributed by atoms with Gasteiger partial charge in [0, 0.05) is 43.1 Å². The number of non-ortho nitro benzene ring substituents is 1. The lowest BCUT2D eigenvalue weighted by atomic mass is 9.91. The SMILES string of the molecule is CC(C)(C)OC(=O)N1CCC(c2cnc(Cn3ccc4cc([N+](=O)[O-])cc(F)c43)nc2)CC1. The first kappa shape index (κ1) is 22.6. The molecule has 0 radical (unpaired) electrons. The van der Waals surface area contributed by atoms with Crippen LogP contribution >= 0.6 is 0 Å². The van der Waals surface area contributed by atoms with Gasteiger partial charge in [0.15, 0.2) is 5.82 Å². The quantitative estimate of drug-likeness (QED) is 0.419. The number of fused-ring (bicyclic) bond motifs is 1. The largest absolute Gasteiger partial charge is 0.444 e. The van der Waals surface area contributed by atoms with Crippen molar-refractivity contribution in [2.75, 3.05) is 13.1 Å². The van der Waals surface area contributed by atoms with Gasteiger partial charge in [-0.05, 0) is 51.2 Å². The summed E-state index contributed by atoms with van der Waals surface area (Å²) in [5, 5.41) is 11.4. The molecule has 2 aromatic heterocycles. The zero-order valence-electron chi connectivity index (χ0n) is 18.8. The van der Waals surface area contributed by atoms with E-state index < -0.39 is 16.3 Å². The van der Waals surface area contributed by atoms with Crippen molar-refractivity contribution in [3.05, 3.63) is 64.1 Å². The zero-order chi connectivity index (χ0) is 23.8. The molecule has 174 valence electrons. The Morgan fingerprint density at radius 2 is 1.91 bits per heavy atom. The number of carbonyl (C=O) groups is 1. The summed E-state index contributed by atoms with van der Waals surface area (Å²) < 4.78 is 21.6. The molecule has 0 saturated carbocycles. The molecule has 3 aromatic rings. The van der Waals surface area contributed by atoms with E-state index in [9.17, 15) is 19.3 Å². The molecule has 4 rings (SSSR count). The van der Waals surface area contributed by atoms with Crippen molar-refractivity contribution in [3.8, 4) is 0 Å². The van der Waals surface area contributed by atoms with Crippen molar-refractivity contribution in [3.63, 3.8) is 0 Å². The number of aromatic nitrogens is 3. The molecular weight excluding hydrogens is 429 g/mol. The van der Waals surface area contributed by atoms with Gasteiger partial charge in [-0.25, -0.2) is 19.2 Å². The third kappa shape index (κ3) is 5.10. The predicted molar refractivity (Wildman–Crippen MR) is 119 cm³/mol. The number of amides is 1. The van der Waals surface area contributed by atoms with Crippen LogP contribution in [0.15, 0.2) is 36.8 Å². The number of ether oxygens (including phenoxy) is 1. The van der Waals surface area contributed by atoms with Crippen LogP contribution in [0.1, 0.15) is 50.9 Å². The van der Waals surface area contributed by atoms with E-state index in [0.29, 0.717) is 24.3 Å². The maximum Gasteiger partial charge on any atom is 0.410 e. The normalized spacial score (nSPS) is 15.1. The van der Waals surface area contributed by atoms with Gasteiger partial charge in [0.05, 0.1) is 23.1 Å². The molecule has 0 N–H and O–H groups in total. The summed E-state index contributed by atoms with van der Waals surface area (Å²) in [5.74, 6) is 0.112. The highest BCUT2D eigenvalue weighted by molar-refractivity contribution is 5.83. The van der Waals surface area contributed by atoms with Crippen LogP contribution in [-0.2, 0) is 11.3 Å². The molecule has 0 aliphatic carbocycles. The van der Waals surface area contributed by atoms with Gasteiger partial charge in [-0.1, -0.05) is 0 Å². The fraction of sp³-hybridized carbons (Fsp3) is 0.435. The molecule has 9 nitrogen and oxygen atoms in total. The highest BCUT2D eigenvalue weighted by Crippen LogP contribution is 2.29. The summed E-state index contributed by atoms with van der Waals surface area (Å²) in [5.41, 5.74) is 0.487. The fourth-order valence-corrected chi connectivity index (χ4v) is 4.05. The molecule has 1 aromatic carbocycles. The first-order valence-corrected chi connectivity index (χ1v) is 10.8. The Kier molecular flexibility index (Phi) is 6.01. The van der Waals surface area contributed by atoms with Gasteiger partial charge in [0.1, 0.15) is 11.4 Å². The van der Waals surface area contributed by atoms with Gasteiger partial charge in [0.25, 0.3) is 5.69 Å². The van der Waals surface area contributed by atoms with Crippen LogP contribution < -0.4 is 0 Å². The Bertz CT molecular complexity index is 1180. The van der Waals surface area contributed by atoms with Crippen molar-refractivity contribution in [1.82, 2.24) is 19.4 Å². The summed E-state index contributed by atoms with van der Waals surface area (Å²) >= 11 is 0. The summed E-state index contributed by atoms with van der Waals surface area (Å²) in [7, 11) is 0. The van der Waals surface area contributed by atoms with E-state index in [0.717, 1.165) is 24.5 Å². The molecule has 1 amide bonds. The first-order valence-electron chi connectivity index (χ1n) is 10.8. The van der Waals surface area contributed by atoms with E-state index in [2.05, 4.69) is 9.97 Å². The molecule has 0 atom stereocenters. The maximum atomic E-state index is 14.5. The van der Waals surface area contributed by atoms with Crippen LogP contribution in [0.25, 0.3) is 10.9 Å². The number of carbonyl (C=O) groups excluding carboxylic acids is 1. The average Bonchev–Trinajstić information content (AvgIpc) is 3.16. The summed E-state index contributed by atoms with van der Waals surface area (Å²) in [6.45, 7) is 7.03. The predicted octanol–water partition coefficient (Wildman–Crippen LogP) is 4.64. The minimum atomic E-state index is -0.655. The number of piperidine rings is 1. The second-order valence-corrected chi connectivity index (χ2v) is 9.24. The summed E-state index contributed by atoms with van der Waals surface area (Å²) in [6.07, 6.45) is 6.54. The monoisotopic (exact) mass is 455 g/mol. The number of nitro groups is 1. The van der Waals surface area contributed by atoms with Gasteiger partial charge in [-0.2, -0.15) is 0 Å². The average molecular weight is 455 g/mol. The van der Waals surface area contributed by atoms with Crippen LogP contribution in [0.5, 0.6) is 0 Å². The Morgan fingerprint density at radius 1 is 1.24 bits per heavy atom. The van der Waals surface area contributed by atoms with Crippen LogP contribution in [-0.4, -0.2) is 49.1 Å². The Hall–Kier alpha value is -3.56. The minimum Gasteiger partial charge on any atom is -0.444 e. The number of rotatable bonds is 4. The van der Waals surface area contributed by atoms with E-state index in [1.165, 1.54) is 6.07 Å². The molecule has 0 bridgehead atoms. The minimum absolute atomic E-state index is 0.246. The molecule has 10 heteroatoms. The van der Waals surface area contributed by atoms with Gasteiger partial charge in [-0.15, -0.1) is 0 Å². The number of likely N-dealkylation sites (tertiary alicyclic amines) is 1. The molecule has 1 saturated heterocycles. The molecule has 3 heterocycles. The van der Waals surface area contributed by atoms with Crippen molar-refractivity contribution in [2.45, 2.75) is 51.7 Å². The highest BCUT2D eigenvalue weighted by Gasteiger charge is 2.27. The fourth-order valence-electron chi connectivity index (χ4n) is 4.05. The number of benzene rings is 1. The second-order valence-electron chi connectivity index (χ2n) is 9.24. The van der Waals surface area contributed by atoms with Crippen LogP contribution in [0.3, 0.4) is 0 Å². The van der Waals surface area contributed by atoms with Gasteiger partial charge in [0.2, 0.25) is 0 Å². The van der Waals surface area contributed by atoms with Crippen LogP contribution in [0, 0.1) is 15.9 Å². The third-order valence-corrected chi connectivity index (χ3v) is 5.66. The van der Waals surface area contributed by atoms with Crippen LogP contribution in [0.2, 0.25) is 0 Å². The van der Waals surface area contributed by atoms with E-state index in [1.807, 2.05) is 20.8 Å². The lowest BCUT2D eigenvalue weighted by Gasteiger charge is -2.33. The second kappa shape index (κ2) is 8.76. The number of hydrogen-bond acceptors (Lipinski definition) is 6. The van der Waals surface area contributed by atoms with E-state index in [1.54, 1.807) is 34.1 Å². The Labute approximate surface area is 190 Å². The molecule has 1 aliphatic rings.